The SMILES string of the molecule is CC1(C)CSSC[C@@H](C(=O)O)NC1=O. The van der Waals surface area contributed by atoms with Crippen molar-refractivity contribution in [1.29, 1.82) is 0 Å². The molecule has 14 heavy (non-hydrogen) atoms. The monoisotopic (exact) mass is 235 g/mol. The maximum Gasteiger partial charge on any atom is 0.327 e. The summed E-state index contributed by atoms with van der Waals surface area (Å²) in [5, 5.41) is 11.3. The zero-order valence-corrected chi connectivity index (χ0v) is 9.70. The van der Waals surface area contributed by atoms with Gasteiger partial charge in [-0.05, 0) is 0 Å². The summed E-state index contributed by atoms with van der Waals surface area (Å²) in [6.07, 6.45) is 0. The van der Waals surface area contributed by atoms with E-state index in [1.165, 1.54) is 10.8 Å². The molecule has 1 aliphatic rings. The summed E-state index contributed by atoms with van der Waals surface area (Å²) >= 11 is 0. The van der Waals surface area contributed by atoms with Crippen LogP contribution in [-0.4, -0.2) is 34.5 Å². The second kappa shape index (κ2) is 4.44. The molecule has 0 aliphatic carbocycles. The molecule has 2 N–H and O–H groups in total. The molecule has 0 radical (unpaired) electrons. The fourth-order valence-electron chi connectivity index (χ4n) is 0.899. The van der Waals surface area contributed by atoms with Crippen molar-refractivity contribution in [2.24, 2.45) is 5.41 Å². The Labute approximate surface area is 90.6 Å². The number of carbonyl (C=O) groups excluding carboxylic acids is 1. The summed E-state index contributed by atoms with van der Waals surface area (Å²) in [5.74, 6) is -0.0284. The van der Waals surface area contributed by atoms with Crippen molar-refractivity contribution in [3.8, 4) is 0 Å². The van der Waals surface area contributed by atoms with Gasteiger partial charge in [0, 0.05) is 11.5 Å². The van der Waals surface area contributed by atoms with Crippen molar-refractivity contribution in [3.05, 3.63) is 0 Å². The van der Waals surface area contributed by atoms with Crippen LogP contribution < -0.4 is 5.32 Å². The minimum absolute atomic E-state index is 0.183. The van der Waals surface area contributed by atoms with E-state index in [4.69, 9.17) is 5.11 Å². The predicted molar refractivity (Wildman–Crippen MR) is 58.3 cm³/mol. The highest BCUT2D eigenvalue weighted by atomic mass is 33.1. The fraction of sp³-hybridized carbons (Fsp3) is 0.750. The molecular formula is C8H13NO3S2. The number of rotatable bonds is 1. The highest BCUT2D eigenvalue weighted by Crippen LogP contribution is 2.32. The zero-order chi connectivity index (χ0) is 10.8. The fourth-order valence-corrected chi connectivity index (χ4v) is 3.70. The number of aliphatic carboxylic acids is 1. The topological polar surface area (TPSA) is 66.4 Å². The lowest BCUT2D eigenvalue weighted by molar-refractivity contribution is -0.142. The molecule has 0 unspecified atom stereocenters. The van der Waals surface area contributed by atoms with Gasteiger partial charge in [-0.3, -0.25) is 4.79 Å². The Bertz CT molecular complexity index is 255. The van der Waals surface area contributed by atoms with Crippen LogP contribution in [0.1, 0.15) is 13.8 Å². The van der Waals surface area contributed by atoms with Crippen LogP contribution in [-0.2, 0) is 9.59 Å². The van der Waals surface area contributed by atoms with Crippen LogP contribution >= 0.6 is 21.6 Å². The van der Waals surface area contributed by atoms with Gasteiger partial charge >= 0.3 is 5.97 Å². The van der Waals surface area contributed by atoms with Gasteiger partial charge in [-0.1, -0.05) is 35.4 Å². The number of hydrogen-bond donors (Lipinski definition) is 2. The van der Waals surface area contributed by atoms with Crippen molar-refractivity contribution >= 4 is 33.5 Å². The third kappa shape index (κ3) is 2.81. The quantitative estimate of drug-likeness (QED) is 0.663. The van der Waals surface area contributed by atoms with Crippen LogP contribution in [0.15, 0.2) is 0 Å². The van der Waals surface area contributed by atoms with Crippen LogP contribution in [0.25, 0.3) is 0 Å². The number of carboxylic acid groups (broad SMARTS) is 1. The molecule has 0 bridgehead atoms. The Kier molecular flexibility index (Phi) is 3.71. The summed E-state index contributed by atoms with van der Waals surface area (Å²) in [4.78, 5) is 22.3. The molecule has 1 atom stereocenters. The maximum absolute atomic E-state index is 11.6. The van der Waals surface area contributed by atoms with Crippen LogP contribution in [0, 0.1) is 5.41 Å². The molecule has 0 aromatic heterocycles. The van der Waals surface area contributed by atoms with E-state index in [0.717, 1.165) is 0 Å². The Morgan fingerprint density at radius 3 is 2.79 bits per heavy atom. The minimum atomic E-state index is -0.968. The lowest BCUT2D eigenvalue weighted by Crippen LogP contribution is -2.49. The van der Waals surface area contributed by atoms with Gasteiger partial charge in [0.15, 0.2) is 0 Å². The summed E-state index contributed by atoms with van der Waals surface area (Å²) in [6, 6.07) is -0.764. The van der Waals surface area contributed by atoms with Gasteiger partial charge in [-0.15, -0.1) is 0 Å². The van der Waals surface area contributed by atoms with E-state index in [9.17, 15) is 9.59 Å². The average molecular weight is 235 g/mol. The average Bonchev–Trinajstić information content (AvgIpc) is 2.07. The number of carboxylic acids is 1. The molecule has 1 rings (SSSR count). The second-order valence-electron chi connectivity index (χ2n) is 3.79. The summed E-state index contributed by atoms with van der Waals surface area (Å²) in [5.41, 5.74) is -0.494. The normalized spacial score (nSPS) is 27.3. The Morgan fingerprint density at radius 2 is 2.21 bits per heavy atom. The number of nitrogens with one attached hydrogen (secondary N) is 1. The summed E-state index contributed by atoms with van der Waals surface area (Å²) in [6.45, 7) is 3.64. The van der Waals surface area contributed by atoms with Crippen molar-refractivity contribution in [1.82, 2.24) is 5.32 Å². The molecule has 1 fully saturated rings. The first-order valence-corrected chi connectivity index (χ1v) is 6.70. The second-order valence-corrected chi connectivity index (χ2v) is 6.30. The zero-order valence-electron chi connectivity index (χ0n) is 8.07. The smallest absolute Gasteiger partial charge is 0.327 e. The van der Waals surface area contributed by atoms with Gasteiger partial charge in [0.2, 0.25) is 5.91 Å². The first-order valence-electron chi connectivity index (χ1n) is 4.22. The van der Waals surface area contributed by atoms with Crippen LogP contribution in [0.4, 0.5) is 0 Å². The molecule has 6 heteroatoms. The first-order chi connectivity index (χ1) is 6.43. The van der Waals surface area contributed by atoms with Gasteiger partial charge < -0.3 is 10.4 Å². The third-order valence-corrected chi connectivity index (χ3v) is 4.69. The van der Waals surface area contributed by atoms with Crippen molar-refractivity contribution < 1.29 is 14.7 Å². The van der Waals surface area contributed by atoms with Gasteiger partial charge in [0.1, 0.15) is 6.04 Å². The van der Waals surface area contributed by atoms with E-state index in [0.29, 0.717) is 11.5 Å². The molecule has 0 aromatic rings. The predicted octanol–water partition coefficient (Wildman–Crippen LogP) is 0.977. The third-order valence-electron chi connectivity index (χ3n) is 1.96. The lowest BCUT2D eigenvalue weighted by Gasteiger charge is -2.27. The number of hydrogen-bond acceptors (Lipinski definition) is 4. The standard InChI is InChI=1S/C8H13NO3S2/c1-8(2)4-14-13-3-5(6(10)11)9-7(8)12/h5H,3-4H2,1-2H3,(H,9,12)(H,10,11)/t5-/m0/s1. The molecule has 1 heterocycles. The largest absolute Gasteiger partial charge is 0.480 e. The highest BCUT2D eigenvalue weighted by molar-refractivity contribution is 8.76. The van der Waals surface area contributed by atoms with Crippen LogP contribution in [0.2, 0.25) is 0 Å². The maximum atomic E-state index is 11.6. The molecule has 1 saturated heterocycles. The van der Waals surface area contributed by atoms with Gasteiger partial charge in [0.25, 0.3) is 0 Å². The Balaban J connectivity index is 2.71. The van der Waals surface area contributed by atoms with Gasteiger partial charge in [-0.2, -0.15) is 0 Å². The molecule has 1 amide bonds. The molecular weight excluding hydrogens is 222 g/mol. The molecule has 0 saturated carbocycles. The molecule has 0 aromatic carbocycles. The summed E-state index contributed by atoms with van der Waals surface area (Å²) in [7, 11) is 3.04. The van der Waals surface area contributed by atoms with Crippen LogP contribution in [0.3, 0.4) is 0 Å². The van der Waals surface area contributed by atoms with E-state index in [1.807, 2.05) is 13.8 Å². The summed E-state index contributed by atoms with van der Waals surface area (Å²) < 4.78 is 0. The van der Waals surface area contributed by atoms with Gasteiger partial charge in [-0.25, -0.2) is 4.79 Å². The van der Waals surface area contributed by atoms with E-state index < -0.39 is 17.4 Å². The lowest BCUT2D eigenvalue weighted by atomic mass is 9.95. The van der Waals surface area contributed by atoms with E-state index >= 15 is 0 Å². The van der Waals surface area contributed by atoms with Crippen molar-refractivity contribution in [3.63, 3.8) is 0 Å². The van der Waals surface area contributed by atoms with Crippen LogP contribution in [0.5, 0.6) is 0 Å². The van der Waals surface area contributed by atoms with Gasteiger partial charge in [0.05, 0.1) is 5.41 Å². The molecule has 80 valence electrons. The first kappa shape index (κ1) is 11.7. The van der Waals surface area contributed by atoms with E-state index in [-0.39, 0.29) is 5.91 Å². The van der Waals surface area contributed by atoms with E-state index in [1.54, 1.807) is 10.8 Å². The molecule has 0 spiro atoms. The van der Waals surface area contributed by atoms with Crippen molar-refractivity contribution in [2.75, 3.05) is 11.5 Å². The molecule has 1 aliphatic heterocycles. The Morgan fingerprint density at radius 1 is 1.57 bits per heavy atom. The Hall–Kier alpha value is -0.360. The van der Waals surface area contributed by atoms with Crippen molar-refractivity contribution in [2.45, 2.75) is 19.9 Å². The molecule has 4 nitrogen and oxygen atoms in total. The highest BCUT2D eigenvalue weighted by Gasteiger charge is 2.33. The number of amides is 1. The number of carbonyl (C=O) groups is 2. The van der Waals surface area contributed by atoms with E-state index in [2.05, 4.69) is 5.32 Å². The minimum Gasteiger partial charge on any atom is -0.480 e.